The topological polar surface area (TPSA) is 58.1 Å². The molecule has 0 aliphatic carbocycles. The van der Waals surface area contributed by atoms with Crippen molar-refractivity contribution in [2.45, 2.75) is 32.7 Å². The van der Waals surface area contributed by atoms with Gasteiger partial charge in [-0.3, -0.25) is 4.99 Å². The smallest absolute Gasteiger partial charge is 0.191 e. The van der Waals surface area contributed by atoms with Crippen LogP contribution in [-0.4, -0.2) is 71.5 Å². The van der Waals surface area contributed by atoms with Gasteiger partial charge in [0.2, 0.25) is 0 Å². The largest absolute Gasteiger partial charge is 0.382 e. The Balaban J connectivity index is 0.00000729. The van der Waals surface area contributed by atoms with Crippen molar-refractivity contribution < 1.29 is 9.47 Å². The Labute approximate surface area is 188 Å². The number of nitrogens with zero attached hydrogens (tertiary/aromatic N) is 2. The molecule has 0 saturated heterocycles. The molecule has 7 heteroatoms. The average Bonchev–Trinajstić information content (AvgIpc) is 2.67. The van der Waals surface area contributed by atoms with Gasteiger partial charge >= 0.3 is 0 Å². The van der Waals surface area contributed by atoms with Crippen LogP contribution < -0.4 is 10.6 Å². The van der Waals surface area contributed by atoms with Crippen molar-refractivity contribution in [1.29, 1.82) is 0 Å². The first-order valence-corrected chi connectivity index (χ1v) is 9.96. The van der Waals surface area contributed by atoms with Gasteiger partial charge in [-0.2, -0.15) is 0 Å². The maximum absolute atomic E-state index is 5.49. The first-order valence-electron chi connectivity index (χ1n) is 9.96. The Morgan fingerprint density at radius 3 is 2.36 bits per heavy atom. The first-order chi connectivity index (χ1) is 13.1. The number of halogens is 1. The average molecular weight is 506 g/mol. The zero-order valence-corrected chi connectivity index (χ0v) is 20.5. The van der Waals surface area contributed by atoms with Crippen LogP contribution in [0.15, 0.2) is 29.3 Å². The minimum Gasteiger partial charge on any atom is -0.382 e. The number of likely N-dealkylation sites (N-methyl/N-ethyl adjacent to an activating group) is 1. The molecular formula is C21H39IN4O2. The van der Waals surface area contributed by atoms with Gasteiger partial charge in [0.15, 0.2) is 5.96 Å². The number of rotatable bonds is 13. The number of aryl methyl sites for hydroxylation is 1. The molecule has 0 heterocycles. The van der Waals surface area contributed by atoms with Crippen molar-refractivity contribution in [3.63, 3.8) is 0 Å². The van der Waals surface area contributed by atoms with Gasteiger partial charge in [0.1, 0.15) is 0 Å². The molecule has 162 valence electrons. The summed E-state index contributed by atoms with van der Waals surface area (Å²) in [6.07, 6.45) is 2.00. The Kier molecular flexibility index (Phi) is 16.5. The Hall–Kier alpha value is -0.900. The molecule has 28 heavy (non-hydrogen) atoms. The van der Waals surface area contributed by atoms with E-state index in [9.17, 15) is 0 Å². The van der Waals surface area contributed by atoms with Gasteiger partial charge in [-0.1, -0.05) is 31.2 Å². The summed E-state index contributed by atoms with van der Waals surface area (Å²) in [5.41, 5.74) is 2.66. The van der Waals surface area contributed by atoms with E-state index in [1.54, 1.807) is 7.11 Å². The highest BCUT2D eigenvalue weighted by atomic mass is 127. The third-order valence-corrected chi connectivity index (χ3v) is 4.35. The molecule has 0 amide bonds. The highest BCUT2D eigenvalue weighted by Crippen LogP contribution is 2.19. The van der Waals surface area contributed by atoms with Crippen molar-refractivity contribution in [2.75, 3.05) is 60.7 Å². The van der Waals surface area contributed by atoms with E-state index in [0.29, 0.717) is 19.8 Å². The molecule has 1 aromatic carbocycles. The lowest BCUT2D eigenvalue weighted by Crippen LogP contribution is -2.38. The molecule has 2 N–H and O–H groups in total. The van der Waals surface area contributed by atoms with Crippen LogP contribution in [0.5, 0.6) is 0 Å². The molecule has 1 unspecified atom stereocenters. The second-order valence-electron chi connectivity index (χ2n) is 6.68. The van der Waals surface area contributed by atoms with Crippen molar-refractivity contribution in [1.82, 2.24) is 15.5 Å². The summed E-state index contributed by atoms with van der Waals surface area (Å²) >= 11 is 0. The van der Waals surface area contributed by atoms with Crippen LogP contribution >= 0.6 is 24.0 Å². The van der Waals surface area contributed by atoms with Gasteiger partial charge in [-0.05, 0) is 45.0 Å². The molecule has 0 bridgehead atoms. The molecule has 0 radical (unpaired) electrons. The minimum absolute atomic E-state index is 0. The van der Waals surface area contributed by atoms with E-state index in [1.165, 1.54) is 11.1 Å². The molecule has 1 aromatic rings. The molecular weight excluding hydrogens is 467 g/mol. The number of nitrogens with one attached hydrogen (secondary N) is 2. The van der Waals surface area contributed by atoms with Crippen molar-refractivity contribution in [3.8, 4) is 0 Å². The van der Waals surface area contributed by atoms with E-state index >= 15 is 0 Å². The summed E-state index contributed by atoms with van der Waals surface area (Å²) in [6.45, 7) is 8.65. The number of hydrogen-bond donors (Lipinski definition) is 2. The summed E-state index contributed by atoms with van der Waals surface area (Å²) in [7, 11) is 5.89. The lowest BCUT2D eigenvalue weighted by Gasteiger charge is -2.24. The van der Waals surface area contributed by atoms with Gasteiger partial charge in [0, 0.05) is 26.8 Å². The number of ether oxygens (including phenoxy) is 2. The standard InChI is InChI=1S/C21H38N4O2.HI/c1-6-18-9-11-19(12-10-18)20(25(3)4)17-24-21(22-7-2)23-13-8-14-27-16-15-26-5;/h9-12,20H,6-8,13-17H2,1-5H3,(H2,22,23,24);1H. The number of aliphatic imine (C=N–C) groups is 1. The van der Waals surface area contributed by atoms with Crippen molar-refractivity contribution in [3.05, 3.63) is 35.4 Å². The first kappa shape index (κ1) is 27.1. The maximum Gasteiger partial charge on any atom is 0.191 e. The number of benzene rings is 1. The Morgan fingerprint density at radius 2 is 1.79 bits per heavy atom. The Morgan fingerprint density at radius 1 is 1.07 bits per heavy atom. The van der Waals surface area contributed by atoms with Crippen LogP contribution in [0.1, 0.15) is 37.4 Å². The molecule has 0 saturated carbocycles. The van der Waals surface area contributed by atoms with Crippen LogP contribution in [0.3, 0.4) is 0 Å². The van der Waals surface area contributed by atoms with Crippen LogP contribution in [0, 0.1) is 0 Å². The van der Waals surface area contributed by atoms with Gasteiger partial charge in [0.25, 0.3) is 0 Å². The summed E-state index contributed by atoms with van der Waals surface area (Å²) in [5.74, 6) is 0.853. The Bertz CT molecular complexity index is 524. The minimum atomic E-state index is 0. The van der Waals surface area contributed by atoms with Gasteiger partial charge in [-0.15, -0.1) is 24.0 Å². The normalized spacial score (nSPS) is 12.6. The molecule has 0 aliphatic heterocycles. The summed E-state index contributed by atoms with van der Waals surface area (Å²) in [6, 6.07) is 9.11. The molecule has 6 nitrogen and oxygen atoms in total. The predicted molar refractivity (Wildman–Crippen MR) is 129 cm³/mol. The fraction of sp³-hybridized carbons (Fsp3) is 0.667. The summed E-state index contributed by atoms with van der Waals surface area (Å²) < 4.78 is 10.5. The summed E-state index contributed by atoms with van der Waals surface area (Å²) in [5, 5.41) is 6.70. The molecule has 0 spiro atoms. The van der Waals surface area contributed by atoms with Crippen molar-refractivity contribution in [2.24, 2.45) is 4.99 Å². The predicted octanol–water partition coefficient (Wildman–Crippen LogP) is 3.08. The fourth-order valence-corrected chi connectivity index (χ4v) is 2.69. The lowest BCUT2D eigenvalue weighted by atomic mass is 10.0. The van der Waals surface area contributed by atoms with Crippen LogP contribution in [-0.2, 0) is 15.9 Å². The maximum atomic E-state index is 5.49. The highest BCUT2D eigenvalue weighted by Gasteiger charge is 2.14. The molecule has 0 aromatic heterocycles. The third kappa shape index (κ3) is 11.2. The quantitative estimate of drug-likeness (QED) is 0.187. The highest BCUT2D eigenvalue weighted by molar-refractivity contribution is 14.0. The van der Waals surface area contributed by atoms with Crippen LogP contribution in [0.4, 0.5) is 0 Å². The zero-order chi connectivity index (χ0) is 19.9. The van der Waals surface area contributed by atoms with Crippen LogP contribution in [0.2, 0.25) is 0 Å². The van der Waals surface area contributed by atoms with E-state index in [0.717, 1.165) is 38.5 Å². The van der Waals surface area contributed by atoms with Gasteiger partial charge < -0.3 is 25.0 Å². The SMILES string of the molecule is CCNC(=NCC(c1ccc(CC)cc1)N(C)C)NCCCOCCOC.I. The van der Waals surface area contributed by atoms with E-state index in [4.69, 9.17) is 14.5 Å². The van der Waals surface area contributed by atoms with E-state index < -0.39 is 0 Å². The van der Waals surface area contributed by atoms with E-state index in [1.807, 2.05) is 0 Å². The third-order valence-electron chi connectivity index (χ3n) is 4.35. The second kappa shape index (κ2) is 17.0. The molecule has 0 fully saturated rings. The lowest BCUT2D eigenvalue weighted by molar-refractivity contribution is 0.0698. The number of guanidine groups is 1. The number of hydrogen-bond acceptors (Lipinski definition) is 4. The molecule has 1 atom stereocenters. The summed E-state index contributed by atoms with van der Waals surface area (Å²) in [4.78, 5) is 7.01. The molecule has 1 rings (SSSR count). The van der Waals surface area contributed by atoms with Crippen molar-refractivity contribution >= 4 is 29.9 Å². The van der Waals surface area contributed by atoms with Gasteiger partial charge in [0.05, 0.1) is 25.8 Å². The zero-order valence-electron chi connectivity index (χ0n) is 18.2. The van der Waals surface area contributed by atoms with Crippen LogP contribution in [0.25, 0.3) is 0 Å². The fourth-order valence-electron chi connectivity index (χ4n) is 2.69. The van der Waals surface area contributed by atoms with E-state index in [2.05, 4.69) is 67.7 Å². The molecule has 0 aliphatic rings. The number of methoxy groups -OCH3 is 1. The monoisotopic (exact) mass is 506 g/mol. The van der Waals surface area contributed by atoms with Gasteiger partial charge in [-0.25, -0.2) is 0 Å². The second-order valence-corrected chi connectivity index (χ2v) is 6.68. The van der Waals surface area contributed by atoms with E-state index in [-0.39, 0.29) is 30.0 Å².